The molecule has 2 aromatic heterocycles. The molecule has 0 aliphatic carbocycles. The Morgan fingerprint density at radius 3 is 2.59 bits per heavy atom. The van der Waals surface area contributed by atoms with Crippen LogP contribution in [0.3, 0.4) is 0 Å². The molecule has 4 aromatic rings. The van der Waals surface area contributed by atoms with E-state index in [1.54, 1.807) is 6.20 Å². The molecule has 34 heavy (non-hydrogen) atoms. The second kappa shape index (κ2) is 9.77. The van der Waals surface area contributed by atoms with Gasteiger partial charge in [0.15, 0.2) is 5.82 Å². The predicted octanol–water partition coefficient (Wildman–Crippen LogP) is 3.48. The summed E-state index contributed by atoms with van der Waals surface area (Å²) in [5.74, 6) is 7.69. The third-order valence-corrected chi connectivity index (χ3v) is 5.87. The van der Waals surface area contributed by atoms with Crippen LogP contribution in [0.2, 0.25) is 0 Å². The SMILES string of the molecule is CN(Cc1ccc2ccccc2c1)c1c(N)ncnc1C#Cc1ccc(N2CCOCC2)nc1. The van der Waals surface area contributed by atoms with Crippen molar-refractivity contribution in [2.75, 3.05) is 48.9 Å². The third kappa shape index (κ3) is 4.77. The van der Waals surface area contributed by atoms with Crippen molar-refractivity contribution in [3.8, 4) is 11.8 Å². The second-order valence-electron chi connectivity index (χ2n) is 8.25. The molecule has 2 aromatic carbocycles. The maximum Gasteiger partial charge on any atom is 0.151 e. The summed E-state index contributed by atoms with van der Waals surface area (Å²) in [5.41, 5.74) is 9.55. The first-order valence-corrected chi connectivity index (χ1v) is 11.3. The molecule has 7 nitrogen and oxygen atoms in total. The quantitative estimate of drug-likeness (QED) is 0.477. The van der Waals surface area contributed by atoms with Gasteiger partial charge in [0.25, 0.3) is 0 Å². The van der Waals surface area contributed by atoms with E-state index in [1.165, 1.54) is 22.7 Å². The lowest BCUT2D eigenvalue weighted by atomic mass is 10.1. The van der Waals surface area contributed by atoms with E-state index in [4.69, 9.17) is 10.5 Å². The smallest absolute Gasteiger partial charge is 0.151 e. The standard InChI is InChI=1S/C27H26N6O/c1-32(18-21-6-9-22-4-2-3-5-23(22)16-21)26-24(30-19-31-27(26)28)10-7-20-8-11-25(29-17-20)33-12-14-34-15-13-33/h2-6,8-9,11,16-17,19H,12-15,18H2,1H3,(H2,28,30,31). The molecule has 1 aliphatic heterocycles. The number of benzene rings is 2. The minimum absolute atomic E-state index is 0.406. The molecule has 7 heteroatoms. The number of nitrogen functional groups attached to an aromatic ring is 1. The van der Waals surface area contributed by atoms with E-state index in [9.17, 15) is 0 Å². The summed E-state index contributed by atoms with van der Waals surface area (Å²) in [7, 11) is 1.98. The Balaban J connectivity index is 1.36. The summed E-state index contributed by atoms with van der Waals surface area (Å²) in [4.78, 5) is 17.4. The van der Waals surface area contributed by atoms with E-state index in [-0.39, 0.29) is 0 Å². The van der Waals surface area contributed by atoms with Gasteiger partial charge < -0.3 is 20.3 Å². The van der Waals surface area contributed by atoms with Crippen LogP contribution in [0, 0.1) is 11.8 Å². The van der Waals surface area contributed by atoms with E-state index in [2.05, 4.69) is 68.1 Å². The van der Waals surface area contributed by atoms with Crippen molar-refractivity contribution in [2.24, 2.45) is 0 Å². The second-order valence-corrected chi connectivity index (χ2v) is 8.25. The van der Waals surface area contributed by atoms with Gasteiger partial charge in [-0.2, -0.15) is 0 Å². The first-order chi connectivity index (χ1) is 16.7. The van der Waals surface area contributed by atoms with Gasteiger partial charge in [0.2, 0.25) is 0 Å². The maximum absolute atomic E-state index is 6.25. The number of aromatic nitrogens is 3. The van der Waals surface area contributed by atoms with Crippen LogP contribution in [-0.4, -0.2) is 48.3 Å². The number of rotatable bonds is 4. The van der Waals surface area contributed by atoms with Crippen molar-refractivity contribution < 1.29 is 4.74 Å². The number of nitrogens with two attached hydrogens (primary N) is 1. The molecule has 0 radical (unpaired) electrons. The number of hydrogen-bond donors (Lipinski definition) is 1. The zero-order valence-electron chi connectivity index (χ0n) is 19.1. The van der Waals surface area contributed by atoms with Crippen LogP contribution in [0.15, 0.2) is 67.1 Å². The summed E-state index contributed by atoms with van der Waals surface area (Å²) in [6.07, 6.45) is 3.24. The number of hydrogen-bond acceptors (Lipinski definition) is 7. The van der Waals surface area contributed by atoms with Crippen molar-refractivity contribution in [1.29, 1.82) is 0 Å². The van der Waals surface area contributed by atoms with Crippen LogP contribution >= 0.6 is 0 Å². The van der Waals surface area contributed by atoms with Crippen LogP contribution in [0.25, 0.3) is 10.8 Å². The molecule has 0 bridgehead atoms. The molecule has 0 spiro atoms. The Bertz CT molecular complexity index is 1350. The number of fused-ring (bicyclic) bond motifs is 1. The Labute approximate surface area is 199 Å². The molecule has 1 aliphatic rings. The van der Waals surface area contributed by atoms with Crippen molar-refractivity contribution in [3.63, 3.8) is 0 Å². The van der Waals surface area contributed by atoms with Crippen molar-refractivity contribution in [2.45, 2.75) is 6.54 Å². The molecular weight excluding hydrogens is 424 g/mol. The van der Waals surface area contributed by atoms with Crippen LogP contribution in [0.5, 0.6) is 0 Å². The summed E-state index contributed by atoms with van der Waals surface area (Å²) >= 11 is 0. The maximum atomic E-state index is 6.25. The van der Waals surface area contributed by atoms with Gasteiger partial charge in [0.05, 0.1) is 13.2 Å². The van der Waals surface area contributed by atoms with Crippen LogP contribution in [-0.2, 0) is 11.3 Å². The number of anilines is 3. The molecule has 170 valence electrons. The van der Waals surface area contributed by atoms with E-state index in [0.717, 1.165) is 43.4 Å². The monoisotopic (exact) mass is 450 g/mol. The molecule has 1 saturated heterocycles. The molecular formula is C27H26N6O. The molecule has 3 heterocycles. The van der Waals surface area contributed by atoms with E-state index >= 15 is 0 Å². The lowest BCUT2D eigenvalue weighted by Gasteiger charge is -2.27. The first kappa shape index (κ1) is 21.7. The van der Waals surface area contributed by atoms with Gasteiger partial charge in [-0.15, -0.1) is 0 Å². The number of nitrogens with zero attached hydrogens (tertiary/aromatic N) is 5. The summed E-state index contributed by atoms with van der Waals surface area (Å²) in [5, 5.41) is 2.43. The fourth-order valence-electron chi connectivity index (χ4n) is 4.12. The van der Waals surface area contributed by atoms with Gasteiger partial charge in [0, 0.05) is 38.4 Å². The third-order valence-electron chi connectivity index (χ3n) is 5.87. The zero-order chi connectivity index (χ0) is 23.3. The summed E-state index contributed by atoms with van der Waals surface area (Å²) in [6, 6.07) is 18.8. The largest absolute Gasteiger partial charge is 0.382 e. The Hall–Kier alpha value is -4.15. The summed E-state index contributed by atoms with van der Waals surface area (Å²) in [6.45, 7) is 3.82. The Morgan fingerprint density at radius 2 is 1.79 bits per heavy atom. The predicted molar refractivity (Wildman–Crippen MR) is 136 cm³/mol. The highest BCUT2D eigenvalue weighted by atomic mass is 16.5. The fourth-order valence-corrected chi connectivity index (χ4v) is 4.12. The summed E-state index contributed by atoms with van der Waals surface area (Å²) < 4.78 is 5.41. The molecule has 5 rings (SSSR count). The van der Waals surface area contributed by atoms with Gasteiger partial charge in [-0.3, -0.25) is 0 Å². The highest BCUT2D eigenvalue weighted by Gasteiger charge is 2.14. The highest BCUT2D eigenvalue weighted by molar-refractivity contribution is 5.83. The van der Waals surface area contributed by atoms with Gasteiger partial charge in [-0.25, -0.2) is 15.0 Å². The van der Waals surface area contributed by atoms with E-state index in [0.29, 0.717) is 18.1 Å². The average molecular weight is 451 g/mol. The van der Waals surface area contributed by atoms with Crippen molar-refractivity contribution >= 4 is 28.1 Å². The van der Waals surface area contributed by atoms with Gasteiger partial charge in [-0.1, -0.05) is 42.3 Å². The van der Waals surface area contributed by atoms with Crippen molar-refractivity contribution in [3.05, 3.63) is 83.9 Å². The molecule has 0 atom stereocenters. The van der Waals surface area contributed by atoms with Gasteiger partial charge in [0.1, 0.15) is 23.5 Å². The van der Waals surface area contributed by atoms with Crippen LogP contribution in [0.1, 0.15) is 16.8 Å². The Kier molecular flexibility index (Phi) is 6.23. The van der Waals surface area contributed by atoms with Crippen LogP contribution in [0.4, 0.5) is 17.3 Å². The first-order valence-electron chi connectivity index (χ1n) is 11.3. The molecule has 0 amide bonds. The van der Waals surface area contributed by atoms with Crippen LogP contribution < -0.4 is 15.5 Å². The number of pyridine rings is 1. The highest BCUT2D eigenvalue weighted by Crippen LogP contribution is 2.25. The molecule has 0 unspecified atom stereocenters. The lowest BCUT2D eigenvalue weighted by molar-refractivity contribution is 0.122. The topological polar surface area (TPSA) is 80.4 Å². The van der Waals surface area contributed by atoms with Gasteiger partial charge in [-0.05, 0) is 40.5 Å². The number of morpholine rings is 1. The number of ether oxygens (including phenoxy) is 1. The average Bonchev–Trinajstić information content (AvgIpc) is 2.88. The van der Waals surface area contributed by atoms with E-state index < -0.39 is 0 Å². The molecule has 0 saturated carbocycles. The lowest BCUT2D eigenvalue weighted by Crippen LogP contribution is -2.36. The molecule has 1 fully saturated rings. The van der Waals surface area contributed by atoms with E-state index in [1.807, 2.05) is 30.1 Å². The van der Waals surface area contributed by atoms with Gasteiger partial charge >= 0.3 is 0 Å². The Morgan fingerprint density at radius 1 is 0.971 bits per heavy atom. The normalized spacial score (nSPS) is 13.4. The van der Waals surface area contributed by atoms with Crippen molar-refractivity contribution in [1.82, 2.24) is 15.0 Å². The minimum atomic E-state index is 0.406. The molecule has 2 N–H and O–H groups in total. The zero-order valence-corrected chi connectivity index (χ0v) is 19.1. The minimum Gasteiger partial charge on any atom is -0.382 e. The fraction of sp³-hybridized carbons (Fsp3) is 0.222.